The smallest absolute Gasteiger partial charge is 0.255 e. The van der Waals surface area contributed by atoms with Crippen molar-refractivity contribution >= 4 is 17.4 Å². The van der Waals surface area contributed by atoms with Crippen molar-refractivity contribution in [2.24, 2.45) is 0 Å². The standard InChI is InChI=1S/C17H18F3N3O/c1-2-3-4-8-21-14-10-11(7-9-22-14)17(24)23-13-6-5-12(18)15(19)16(13)20/h5-7,9-10H,2-4,8H2,1H3,(H,21,22)(H,23,24). The summed E-state index contributed by atoms with van der Waals surface area (Å²) in [4.78, 5) is 16.2. The van der Waals surface area contributed by atoms with Gasteiger partial charge in [-0.2, -0.15) is 0 Å². The van der Waals surface area contributed by atoms with Crippen LogP contribution in [0.3, 0.4) is 0 Å². The Kier molecular flexibility index (Phi) is 6.17. The molecule has 0 saturated carbocycles. The van der Waals surface area contributed by atoms with Crippen LogP contribution in [0, 0.1) is 17.5 Å². The van der Waals surface area contributed by atoms with Crippen LogP contribution in [0.4, 0.5) is 24.7 Å². The van der Waals surface area contributed by atoms with Gasteiger partial charge in [0.15, 0.2) is 17.5 Å². The fourth-order valence-electron chi connectivity index (χ4n) is 2.08. The summed E-state index contributed by atoms with van der Waals surface area (Å²) < 4.78 is 39.7. The molecule has 7 heteroatoms. The number of pyridine rings is 1. The van der Waals surface area contributed by atoms with E-state index in [0.717, 1.165) is 37.9 Å². The van der Waals surface area contributed by atoms with E-state index in [-0.39, 0.29) is 5.56 Å². The number of hydrogen-bond acceptors (Lipinski definition) is 3. The minimum atomic E-state index is -1.62. The number of nitrogens with one attached hydrogen (secondary N) is 2. The summed E-state index contributed by atoms with van der Waals surface area (Å²) in [7, 11) is 0. The Morgan fingerprint density at radius 1 is 1.12 bits per heavy atom. The molecule has 128 valence electrons. The summed E-state index contributed by atoms with van der Waals surface area (Å²) in [5.74, 6) is -4.49. The lowest BCUT2D eigenvalue weighted by Gasteiger charge is -2.09. The quantitative estimate of drug-likeness (QED) is 0.583. The van der Waals surface area contributed by atoms with E-state index < -0.39 is 29.0 Å². The second-order valence-electron chi connectivity index (χ2n) is 5.24. The van der Waals surface area contributed by atoms with Crippen LogP contribution in [0.2, 0.25) is 0 Å². The van der Waals surface area contributed by atoms with Crippen molar-refractivity contribution in [1.29, 1.82) is 0 Å². The molecule has 0 atom stereocenters. The van der Waals surface area contributed by atoms with Gasteiger partial charge < -0.3 is 10.6 Å². The van der Waals surface area contributed by atoms with Crippen molar-refractivity contribution in [1.82, 2.24) is 4.98 Å². The van der Waals surface area contributed by atoms with E-state index in [0.29, 0.717) is 5.82 Å². The van der Waals surface area contributed by atoms with Gasteiger partial charge in [0.2, 0.25) is 0 Å². The molecule has 2 N–H and O–H groups in total. The molecule has 0 aliphatic heterocycles. The Bertz CT molecular complexity index is 722. The van der Waals surface area contributed by atoms with Crippen LogP contribution in [-0.4, -0.2) is 17.4 Å². The average molecular weight is 337 g/mol. The third-order valence-corrected chi connectivity index (χ3v) is 3.39. The second kappa shape index (κ2) is 8.33. The van der Waals surface area contributed by atoms with E-state index in [1.54, 1.807) is 0 Å². The van der Waals surface area contributed by atoms with E-state index in [4.69, 9.17) is 0 Å². The Labute approximate surface area is 138 Å². The molecule has 0 aliphatic carbocycles. The van der Waals surface area contributed by atoms with E-state index in [1.165, 1.54) is 18.3 Å². The fourth-order valence-corrected chi connectivity index (χ4v) is 2.08. The third kappa shape index (κ3) is 4.47. The van der Waals surface area contributed by atoms with Crippen molar-refractivity contribution in [3.63, 3.8) is 0 Å². The van der Waals surface area contributed by atoms with Gasteiger partial charge in [0.1, 0.15) is 5.82 Å². The fraction of sp³-hybridized carbons (Fsp3) is 0.294. The molecule has 0 radical (unpaired) electrons. The highest BCUT2D eigenvalue weighted by molar-refractivity contribution is 6.04. The molecule has 1 heterocycles. The minimum absolute atomic E-state index is 0.229. The van der Waals surface area contributed by atoms with Crippen molar-refractivity contribution in [3.05, 3.63) is 53.5 Å². The molecule has 2 rings (SSSR count). The number of rotatable bonds is 7. The van der Waals surface area contributed by atoms with Gasteiger partial charge in [-0.15, -0.1) is 0 Å². The lowest BCUT2D eigenvalue weighted by Crippen LogP contribution is -2.14. The van der Waals surface area contributed by atoms with E-state index >= 15 is 0 Å². The summed E-state index contributed by atoms with van der Waals surface area (Å²) in [6.07, 6.45) is 4.60. The summed E-state index contributed by atoms with van der Waals surface area (Å²) in [6, 6.07) is 4.68. The molecular formula is C17H18F3N3O. The van der Waals surface area contributed by atoms with Crippen molar-refractivity contribution in [3.8, 4) is 0 Å². The lowest BCUT2D eigenvalue weighted by molar-refractivity contribution is 0.102. The number of nitrogens with zero attached hydrogens (tertiary/aromatic N) is 1. The molecule has 0 unspecified atom stereocenters. The zero-order valence-corrected chi connectivity index (χ0v) is 13.2. The largest absolute Gasteiger partial charge is 0.370 e. The first kappa shape index (κ1) is 17.8. The summed E-state index contributed by atoms with van der Waals surface area (Å²) in [5, 5.41) is 5.31. The van der Waals surface area contributed by atoms with Gasteiger partial charge in [0, 0.05) is 18.3 Å². The topological polar surface area (TPSA) is 54.0 Å². The maximum atomic E-state index is 13.6. The highest BCUT2D eigenvalue weighted by Gasteiger charge is 2.16. The van der Waals surface area contributed by atoms with Crippen molar-refractivity contribution in [2.75, 3.05) is 17.2 Å². The lowest BCUT2D eigenvalue weighted by atomic mass is 10.2. The maximum absolute atomic E-state index is 13.6. The summed E-state index contributed by atoms with van der Waals surface area (Å²) >= 11 is 0. The average Bonchev–Trinajstić information content (AvgIpc) is 2.59. The molecule has 1 amide bonds. The summed E-state index contributed by atoms with van der Waals surface area (Å²) in [5.41, 5.74) is -0.194. The normalized spacial score (nSPS) is 10.5. The molecule has 0 saturated heterocycles. The number of anilines is 2. The Morgan fingerprint density at radius 2 is 1.92 bits per heavy atom. The minimum Gasteiger partial charge on any atom is -0.370 e. The predicted octanol–water partition coefficient (Wildman–Crippen LogP) is 4.35. The van der Waals surface area contributed by atoms with Crippen LogP contribution < -0.4 is 10.6 Å². The number of carbonyl (C=O) groups excluding carboxylic acids is 1. The molecule has 1 aromatic carbocycles. The van der Waals surface area contributed by atoms with Crippen molar-refractivity contribution in [2.45, 2.75) is 26.2 Å². The van der Waals surface area contributed by atoms with Crippen LogP contribution in [0.1, 0.15) is 36.5 Å². The van der Waals surface area contributed by atoms with E-state index in [9.17, 15) is 18.0 Å². The highest BCUT2D eigenvalue weighted by atomic mass is 19.2. The first-order valence-electron chi connectivity index (χ1n) is 7.67. The molecule has 0 bridgehead atoms. The number of aromatic nitrogens is 1. The van der Waals surface area contributed by atoms with Gasteiger partial charge in [-0.3, -0.25) is 4.79 Å². The van der Waals surface area contributed by atoms with Gasteiger partial charge in [-0.25, -0.2) is 18.2 Å². The molecule has 0 fully saturated rings. The molecule has 0 spiro atoms. The zero-order valence-electron chi connectivity index (χ0n) is 13.2. The number of carbonyl (C=O) groups is 1. The van der Waals surface area contributed by atoms with Crippen LogP contribution in [0.25, 0.3) is 0 Å². The number of amides is 1. The number of unbranched alkanes of at least 4 members (excludes halogenated alkanes) is 2. The molecule has 4 nitrogen and oxygen atoms in total. The molecule has 1 aromatic heterocycles. The highest BCUT2D eigenvalue weighted by Crippen LogP contribution is 2.20. The molecule has 24 heavy (non-hydrogen) atoms. The third-order valence-electron chi connectivity index (χ3n) is 3.39. The number of benzene rings is 1. The molecule has 2 aromatic rings. The molecule has 0 aliphatic rings. The van der Waals surface area contributed by atoms with E-state index in [2.05, 4.69) is 22.5 Å². The van der Waals surface area contributed by atoms with Gasteiger partial charge in [-0.1, -0.05) is 19.8 Å². The Morgan fingerprint density at radius 3 is 2.67 bits per heavy atom. The van der Waals surface area contributed by atoms with Gasteiger partial charge in [0.25, 0.3) is 5.91 Å². The predicted molar refractivity (Wildman–Crippen MR) is 86.5 cm³/mol. The van der Waals surface area contributed by atoms with Gasteiger partial charge in [-0.05, 0) is 30.7 Å². The molecular weight excluding hydrogens is 319 g/mol. The van der Waals surface area contributed by atoms with Gasteiger partial charge >= 0.3 is 0 Å². The van der Waals surface area contributed by atoms with E-state index in [1.807, 2.05) is 0 Å². The van der Waals surface area contributed by atoms with Gasteiger partial charge in [0.05, 0.1) is 5.69 Å². The SMILES string of the molecule is CCCCCNc1cc(C(=O)Nc2ccc(F)c(F)c2F)ccn1. The van der Waals surface area contributed by atoms with Crippen LogP contribution >= 0.6 is 0 Å². The Hall–Kier alpha value is -2.57. The van der Waals surface area contributed by atoms with Crippen LogP contribution in [-0.2, 0) is 0 Å². The number of halogens is 3. The zero-order chi connectivity index (χ0) is 17.5. The Balaban J connectivity index is 2.06. The summed E-state index contributed by atoms with van der Waals surface area (Å²) in [6.45, 7) is 2.82. The number of hydrogen-bond donors (Lipinski definition) is 2. The van der Waals surface area contributed by atoms with Crippen LogP contribution in [0.15, 0.2) is 30.5 Å². The first-order valence-corrected chi connectivity index (χ1v) is 7.67. The monoisotopic (exact) mass is 337 g/mol. The van der Waals surface area contributed by atoms with Crippen LogP contribution in [0.5, 0.6) is 0 Å². The van der Waals surface area contributed by atoms with Crippen molar-refractivity contribution < 1.29 is 18.0 Å². The maximum Gasteiger partial charge on any atom is 0.255 e. The first-order chi connectivity index (χ1) is 11.5. The second-order valence-corrected chi connectivity index (χ2v) is 5.24.